The van der Waals surface area contributed by atoms with Crippen LogP contribution in [0.2, 0.25) is 0 Å². The molecule has 6 nitrogen and oxygen atoms in total. The Balaban J connectivity index is 1.62. The van der Waals surface area contributed by atoms with Crippen LogP contribution in [0.25, 0.3) is 0 Å². The normalized spacial score (nSPS) is 18.2. The summed E-state index contributed by atoms with van der Waals surface area (Å²) in [5.41, 5.74) is 0. The Morgan fingerprint density at radius 2 is 2.36 bits per heavy atom. The minimum Gasteiger partial charge on any atom is -0.459 e. The number of carbonyl (C=O) groups is 2. The number of anilines is 1. The molecule has 1 fully saturated rings. The molecule has 116 valence electrons. The topological polar surface area (TPSA) is 75.4 Å². The fraction of sp³-hybridized carbons (Fsp3) is 0.400. The van der Waals surface area contributed by atoms with Crippen LogP contribution in [-0.4, -0.2) is 34.8 Å². The zero-order valence-electron chi connectivity index (χ0n) is 12.2. The number of carbonyl (C=O) groups excluding carboxylic acids is 2. The van der Waals surface area contributed by atoms with Crippen molar-refractivity contribution in [3.63, 3.8) is 0 Å². The number of rotatable bonds is 3. The summed E-state index contributed by atoms with van der Waals surface area (Å²) in [7, 11) is 0. The highest BCUT2D eigenvalue weighted by Gasteiger charge is 2.30. The van der Waals surface area contributed by atoms with Crippen molar-refractivity contribution in [1.29, 1.82) is 0 Å². The molecular formula is C15H17N3O3S. The molecule has 2 aromatic heterocycles. The predicted molar refractivity (Wildman–Crippen MR) is 82.8 cm³/mol. The third-order valence-electron chi connectivity index (χ3n) is 3.66. The third kappa shape index (κ3) is 3.19. The first-order valence-electron chi connectivity index (χ1n) is 7.19. The van der Waals surface area contributed by atoms with Gasteiger partial charge in [-0.2, -0.15) is 0 Å². The molecule has 1 aliphatic heterocycles. The first kappa shape index (κ1) is 14.8. The Kier molecular flexibility index (Phi) is 4.24. The van der Waals surface area contributed by atoms with E-state index < -0.39 is 0 Å². The second kappa shape index (κ2) is 6.31. The van der Waals surface area contributed by atoms with Crippen LogP contribution in [0.3, 0.4) is 0 Å². The van der Waals surface area contributed by atoms with Gasteiger partial charge >= 0.3 is 0 Å². The highest BCUT2D eigenvalue weighted by atomic mass is 32.1. The molecule has 0 bridgehead atoms. The molecule has 0 aromatic carbocycles. The van der Waals surface area contributed by atoms with Gasteiger partial charge < -0.3 is 14.6 Å². The van der Waals surface area contributed by atoms with Gasteiger partial charge in [0.2, 0.25) is 5.91 Å². The smallest absolute Gasteiger partial charge is 0.289 e. The van der Waals surface area contributed by atoms with Crippen LogP contribution in [0.5, 0.6) is 0 Å². The maximum Gasteiger partial charge on any atom is 0.289 e. The van der Waals surface area contributed by atoms with Crippen molar-refractivity contribution in [3.8, 4) is 0 Å². The Morgan fingerprint density at radius 1 is 1.50 bits per heavy atom. The van der Waals surface area contributed by atoms with Crippen LogP contribution in [0.4, 0.5) is 5.13 Å². The fourth-order valence-electron chi connectivity index (χ4n) is 2.55. The van der Waals surface area contributed by atoms with Gasteiger partial charge in [0.05, 0.1) is 12.2 Å². The molecule has 1 N–H and O–H groups in total. The van der Waals surface area contributed by atoms with Gasteiger partial charge in [-0.3, -0.25) is 9.59 Å². The van der Waals surface area contributed by atoms with Crippen LogP contribution in [0, 0.1) is 12.8 Å². The highest BCUT2D eigenvalue weighted by Crippen LogP contribution is 2.22. The van der Waals surface area contributed by atoms with Crippen molar-refractivity contribution in [2.45, 2.75) is 19.8 Å². The molecule has 3 heterocycles. The Labute approximate surface area is 132 Å². The first-order chi connectivity index (χ1) is 10.6. The average molecular weight is 319 g/mol. The number of hydrogen-bond donors (Lipinski definition) is 1. The summed E-state index contributed by atoms with van der Waals surface area (Å²) in [6.45, 7) is 3.01. The summed E-state index contributed by atoms with van der Waals surface area (Å²) in [5, 5.41) is 3.44. The van der Waals surface area contributed by atoms with Gasteiger partial charge in [-0.15, -0.1) is 11.3 Å². The number of nitrogens with one attached hydrogen (secondary N) is 1. The lowest BCUT2D eigenvalue weighted by molar-refractivity contribution is -0.121. The van der Waals surface area contributed by atoms with E-state index in [1.807, 2.05) is 6.92 Å². The van der Waals surface area contributed by atoms with Crippen LogP contribution in [0.1, 0.15) is 28.3 Å². The van der Waals surface area contributed by atoms with Crippen LogP contribution in [-0.2, 0) is 4.79 Å². The zero-order chi connectivity index (χ0) is 15.5. The van der Waals surface area contributed by atoms with Crippen molar-refractivity contribution in [2.75, 3.05) is 18.4 Å². The van der Waals surface area contributed by atoms with E-state index in [0.29, 0.717) is 24.0 Å². The fourth-order valence-corrected chi connectivity index (χ4v) is 3.22. The molecule has 3 rings (SSSR count). The molecule has 7 heteroatoms. The van der Waals surface area contributed by atoms with Gasteiger partial charge in [-0.1, -0.05) is 0 Å². The number of aromatic nitrogens is 1. The summed E-state index contributed by atoms with van der Waals surface area (Å²) >= 11 is 1.45. The van der Waals surface area contributed by atoms with E-state index in [1.54, 1.807) is 23.2 Å². The molecule has 0 unspecified atom stereocenters. The maximum atomic E-state index is 12.3. The summed E-state index contributed by atoms with van der Waals surface area (Å²) in [5.74, 6) is -0.132. The van der Waals surface area contributed by atoms with Gasteiger partial charge in [0.15, 0.2) is 10.9 Å². The van der Waals surface area contributed by atoms with Gasteiger partial charge in [0.1, 0.15) is 0 Å². The number of aryl methyl sites for hydroxylation is 1. The second-order valence-electron chi connectivity index (χ2n) is 5.33. The van der Waals surface area contributed by atoms with Gasteiger partial charge in [0.25, 0.3) is 5.91 Å². The molecule has 0 aliphatic carbocycles. The standard InChI is InChI=1S/C15H17N3O3S/c1-10-8-16-15(22-10)17-13(19)11-4-2-6-18(9-11)14(20)12-5-3-7-21-12/h3,5,7-8,11H,2,4,6,9H2,1H3,(H,16,17,19)/t11-/m0/s1. The van der Waals surface area contributed by atoms with Crippen LogP contribution < -0.4 is 5.32 Å². The molecule has 1 atom stereocenters. The molecule has 0 spiro atoms. The van der Waals surface area contributed by atoms with Crippen molar-refractivity contribution in [3.05, 3.63) is 35.2 Å². The van der Waals surface area contributed by atoms with E-state index in [1.165, 1.54) is 17.6 Å². The van der Waals surface area contributed by atoms with Gasteiger partial charge in [0, 0.05) is 24.2 Å². The molecule has 2 amide bonds. The third-order valence-corrected chi connectivity index (χ3v) is 4.49. The minimum absolute atomic E-state index is 0.0775. The maximum absolute atomic E-state index is 12.3. The van der Waals surface area contributed by atoms with Crippen molar-refractivity contribution in [2.24, 2.45) is 5.92 Å². The largest absolute Gasteiger partial charge is 0.459 e. The SMILES string of the molecule is Cc1cnc(NC(=O)[C@H]2CCCN(C(=O)c3ccco3)C2)s1. The minimum atomic E-state index is -0.211. The van der Waals surface area contributed by atoms with Crippen molar-refractivity contribution in [1.82, 2.24) is 9.88 Å². The molecule has 0 radical (unpaired) electrons. The van der Waals surface area contributed by atoms with E-state index in [4.69, 9.17) is 4.42 Å². The van der Waals surface area contributed by atoms with Crippen LogP contribution >= 0.6 is 11.3 Å². The molecular weight excluding hydrogens is 302 g/mol. The Morgan fingerprint density at radius 3 is 3.05 bits per heavy atom. The summed E-state index contributed by atoms with van der Waals surface area (Å²) in [6, 6.07) is 3.33. The number of likely N-dealkylation sites (tertiary alicyclic amines) is 1. The van der Waals surface area contributed by atoms with Crippen LogP contribution in [0.15, 0.2) is 29.0 Å². The van der Waals surface area contributed by atoms with Crippen molar-refractivity contribution < 1.29 is 14.0 Å². The molecule has 1 saturated heterocycles. The molecule has 2 aromatic rings. The number of nitrogens with zero attached hydrogens (tertiary/aromatic N) is 2. The summed E-state index contributed by atoms with van der Waals surface area (Å²) < 4.78 is 5.14. The molecule has 1 aliphatic rings. The summed E-state index contributed by atoms with van der Waals surface area (Å²) in [4.78, 5) is 31.5. The zero-order valence-corrected chi connectivity index (χ0v) is 13.1. The lowest BCUT2D eigenvalue weighted by Crippen LogP contribution is -2.43. The van der Waals surface area contributed by atoms with E-state index in [2.05, 4.69) is 10.3 Å². The molecule has 22 heavy (non-hydrogen) atoms. The van der Waals surface area contributed by atoms with E-state index >= 15 is 0 Å². The summed E-state index contributed by atoms with van der Waals surface area (Å²) in [6.07, 6.45) is 4.79. The number of hydrogen-bond acceptors (Lipinski definition) is 5. The van der Waals surface area contributed by atoms with Crippen molar-refractivity contribution >= 4 is 28.3 Å². The highest BCUT2D eigenvalue weighted by molar-refractivity contribution is 7.15. The average Bonchev–Trinajstić information content (AvgIpc) is 3.18. The van der Waals surface area contributed by atoms with Gasteiger partial charge in [-0.05, 0) is 31.9 Å². The number of furan rings is 1. The predicted octanol–water partition coefficient (Wildman–Crippen LogP) is 2.54. The van der Waals surface area contributed by atoms with E-state index in [-0.39, 0.29) is 17.7 Å². The first-order valence-corrected chi connectivity index (χ1v) is 8.01. The number of piperidine rings is 1. The Hall–Kier alpha value is -2.15. The number of amides is 2. The monoisotopic (exact) mass is 319 g/mol. The number of thiazole rings is 1. The second-order valence-corrected chi connectivity index (χ2v) is 6.57. The Bertz CT molecular complexity index is 665. The lowest BCUT2D eigenvalue weighted by atomic mass is 9.97. The lowest BCUT2D eigenvalue weighted by Gasteiger charge is -2.31. The van der Waals surface area contributed by atoms with E-state index in [0.717, 1.165) is 17.7 Å². The molecule has 0 saturated carbocycles. The van der Waals surface area contributed by atoms with Gasteiger partial charge in [-0.25, -0.2) is 4.98 Å². The van der Waals surface area contributed by atoms with E-state index in [9.17, 15) is 9.59 Å². The quantitative estimate of drug-likeness (QED) is 0.943.